The molecule has 1 aliphatic heterocycles. The molecule has 1 fully saturated rings. The second-order valence-corrected chi connectivity index (χ2v) is 7.55. The van der Waals surface area contributed by atoms with E-state index >= 15 is 0 Å². The maximum atomic E-state index is 12.9. The van der Waals surface area contributed by atoms with Gasteiger partial charge in [0.05, 0.1) is 23.6 Å². The van der Waals surface area contributed by atoms with Crippen molar-refractivity contribution < 1.29 is 4.79 Å². The fraction of sp³-hybridized carbons (Fsp3) is 0.450. The molecule has 0 spiro atoms. The molecule has 4 heterocycles. The fourth-order valence-electron chi connectivity index (χ4n) is 3.55. The van der Waals surface area contributed by atoms with Crippen molar-refractivity contribution in [3.63, 3.8) is 0 Å². The van der Waals surface area contributed by atoms with Crippen LogP contribution >= 0.6 is 0 Å². The zero-order valence-electron chi connectivity index (χ0n) is 16.5. The quantitative estimate of drug-likeness (QED) is 0.696. The number of carbonyl (C=O) groups is 1. The summed E-state index contributed by atoms with van der Waals surface area (Å²) >= 11 is 0. The Morgan fingerprint density at radius 3 is 2.61 bits per heavy atom. The van der Waals surface area contributed by atoms with Crippen LogP contribution in [0.15, 0.2) is 36.7 Å². The zero-order valence-corrected chi connectivity index (χ0v) is 16.5. The van der Waals surface area contributed by atoms with E-state index in [2.05, 4.69) is 34.2 Å². The SMILES string of the molecule is CC(C)c1cc(C(=O)N2CCC(n3cc(-c4ccccn4)nn3)CC2)n(C)n1. The van der Waals surface area contributed by atoms with Crippen molar-refractivity contribution in [1.29, 1.82) is 0 Å². The van der Waals surface area contributed by atoms with E-state index in [9.17, 15) is 4.79 Å². The number of rotatable bonds is 4. The van der Waals surface area contributed by atoms with Crippen molar-refractivity contribution in [3.05, 3.63) is 48.0 Å². The van der Waals surface area contributed by atoms with Gasteiger partial charge in [-0.3, -0.25) is 14.5 Å². The summed E-state index contributed by atoms with van der Waals surface area (Å²) in [5.74, 6) is 0.354. The van der Waals surface area contributed by atoms with Crippen molar-refractivity contribution >= 4 is 5.91 Å². The first kappa shape index (κ1) is 18.3. The molecule has 0 atom stereocenters. The number of piperidine rings is 1. The molecule has 0 radical (unpaired) electrons. The second-order valence-electron chi connectivity index (χ2n) is 7.55. The number of likely N-dealkylation sites (tertiary alicyclic amines) is 1. The monoisotopic (exact) mass is 379 g/mol. The Morgan fingerprint density at radius 1 is 1.18 bits per heavy atom. The number of hydrogen-bond acceptors (Lipinski definition) is 5. The average molecular weight is 379 g/mol. The lowest BCUT2D eigenvalue weighted by Crippen LogP contribution is -2.39. The van der Waals surface area contributed by atoms with Gasteiger partial charge in [-0.25, -0.2) is 4.68 Å². The molecule has 1 amide bonds. The molecule has 1 saturated heterocycles. The van der Waals surface area contributed by atoms with Crippen LogP contribution < -0.4 is 0 Å². The van der Waals surface area contributed by atoms with Gasteiger partial charge in [0.25, 0.3) is 5.91 Å². The predicted molar refractivity (Wildman–Crippen MR) is 105 cm³/mol. The standard InChI is InChI=1S/C20H25N7O/c1-14(2)17-12-19(25(3)23-17)20(28)26-10-7-15(8-11-26)27-13-18(22-24-27)16-6-4-5-9-21-16/h4-6,9,12-15H,7-8,10-11H2,1-3H3. The maximum Gasteiger partial charge on any atom is 0.272 e. The summed E-state index contributed by atoms with van der Waals surface area (Å²) in [6, 6.07) is 7.90. The van der Waals surface area contributed by atoms with Gasteiger partial charge in [0.1, 0.15) is 11.4 Å². The number of nitrogens with zero attached hydrogens (tertiary/aromatic N) is 7. The van der Waals surface area contributed by atoms with Gasteiger partial charge in [0, 0.05) is 26.3 Å². The summed E-state index contributed by atoms with van der Waals surface area (Å²) < 4.78 is 3.60. The third-order valence-corrected chi connectivity index (χ3v) is 5.27. The van der Waals surface area contributed by atoms with E-state index in [1.807, 2.05) is 47.1 Å². The third kappa shape index (κ3) is 3.54. The summed E-state index contributed by atoms with van der Waals surface area (Å²) in [5.41, 5.74) is 3.19. The van der Waals surface area contributed by atoms with Crippen molar-refractivity contribution in [3.8, 4) is 11.4 Å². The Balaban J connectivity index is 1.41. The van der Waals surface area contributed by atoms with E-state index in [-0.39, 0.29) is 11.9 Å². The molecule has 8 heteroatoms. The van der Waals surface area contributed by atoms with Crippen molar-refractivity contribution in [1.82, 2.24) is 34.7 Å². The molecule has 8 nitrogen and oxygen atoms in total. The Hall–Kier alpha value is -3.03. The summed E-state index contributed by atoms with van der Waals surface area (Å²) in [4.78, 5) is 19.1. The van der Waals surface area contributed by atoms with Crippen LogP contribution in [0.1, 0.15) is 54.8 Å². The lowest BCUT2D eigenvalue weighted by molar-refractivity contribution is 0.0678. The number of aromatic nitrogens is 6. The van der Waals surface area contributed by atoms with Gasteiger partial charge in [-0.05, 0) is 37.0 Å². The van der Waals surface area contributed by atoms with Crippen LogP contribution in [-0.4, -0.2) is 53.7 Å². The lowest BCUT2D eigenvalue weighted by Gasteiger charge is -2.31. The Kier molecular flexibility index (Phi) is 4.93. The molecule has 0 N–H and O–H groups in total. The molecule has 1 aliphatic rings. The number of amides is 1. The largest absolute Gasteiger partial charge is 0.337 e. The van der Waals surface area contributed by atoms with E-state index in [1.54, 1.807) is 10.9 Å². The minimum absolute atomic E-state index is 0.0492. The molecule has 0 aromatic carbocycles. The first-order valence-corrected chi connectivity index (χ1v) is 9.69. The molecule has 0 aliphatic carbocycles. The molecular formula is C20H25N7O. The van der Waals surface area contributed by atoms with Gasteiger partial charge >= 0.3 is 0 Å². The highest BCUT2D eigenvalue weighted by molar-refractivity contribution is 5.92. The number of pyridine rings is 1. The van der Waals surface area contributed by atoms with Crippen LogP contribution in [0.25, 0.3) is 11.4 Å². The molecule has 4 rings (SSSR count). The average Bonchev–Trinajstić information content (AvgIpc) is 3.35. The third-order valence-electron chi connectivity index (χ3n) is 5.27. The minimum atomic E-state index is 0.0492. The van der Waals surface area contributed by atoms with Crippen molar-refractivity contribution in [2.75, 3.05) is 13.1 Å². The zero-order chi connectivity index (χ0) is 19.7. The highest BCUT2D eigenvalue weighted by Gasteiger charge is 2.27. The Morgan fingerprint density at radius 2 is 1.96 bits per heavy atom. The van der Waals surface area contributed by atoms with Crippen LogP contribution in [0.2, 0.25) is 0 Å². The van der Waals surface area contributed by atoms with Crippen LogP contribution in [0, 0.1) is 0 Å². The first-order valence-electron chi connectivity index (χ1n) is 9.69. The highest BCUT2D eigenvalue weighted by Crippen LogP contribution is 2.25. The minimum Gasteiger partial charge on any atom is -0.337 e. The van der Waals surface area contributed by atoms with Gasteiger partial charge in [-0.2, -0.15) is 5.10 Å². The summed E-state index contributed by atoms with van der Waals surface area (Å²) in [7, 11) is 1.83. The van der Waals surface area contributed by atoms with Crippen LogP contribution in [0.3, 0.4) is 0 Å². The molecule has 146 valence electrons. The van der Waals surface area contributed by atoms with Gasteiger partial charge in [-0.1, -0.05) is 25.1 Å². The number of hydrogen-bond donors (Lipinski definition) is 0. The Bertz CT molecular complexity index is 952. The maximum absolute atomic E-state index is 12.9. The van der Waals surface area contributed by atoms with Crippen molar-refractivity contribution in [2.45, 2.75) is 38.6 Å². The first-order chi connectivity index (χ1) is 13.5. The normalized spacial score (nSPS) is 15.4. The van der Waals surface area contributed by atoms with Gasteiger partial charge < -0.3 is 4.90 Å². The van der Waals surface area contributed by atoms with E-state index < -0.39 is 0 Å². The summed E-state index contributed by atoms with van der Waals surface area (Å²) in [5, 5.41) is 13.0. The van der Waals surface area contributed by atoms with E-state index in [0.717, 1.165) is 29.9 Å². The molecular weight excluding hydrogens is 354 g/mol. The molecule has 28 heavy (non-hydrogen) atoms. The summed E-state index contributed by atoms with van der Waals surface area (Å²) in [6.45, 7) is 5.56. The topological polar surface area (TPSA) is 81.7 Å². The highest BCUT2D eigenvalue weighted by atomic mass is 16.2. The van der Waals surface area contributed by atoms with E-state index in [0.29, 0.717) is 24.7 Å². The smallest absolute Gasteiger partial charge is 0.272 e. The molecule has 3 aromatic heterocycles. The predicted octanol–water partition coefficient (Wildman–Crippen LogP) is 2.67. The van der Waals surface area contributed by atoms with Gasteiger partial charge in [-0.15, -0.1) is 5.10 Å². The Labute approximate surface area is 164 Å². The number of aryl methyl sites for hydroxylation is 1. The van der Waals surface area contributed by atoms with Crippen LogP contribution in [0.5, 0.6) is 0 Å². The van der Waals surface area contributed by atoms with E-state index in [4.69, 9.17) is 0 Å². The van der Waals surface area contributed by atoms with Crippen LogP contribution in [0.4, 0.5) is 0 Å². The summed E-state index contributed by atoms with van der Waals surface area (Å²) in [6.07, 6.45) is 5.40. The fourth-order valence-corrected chi connectivity index (χ4v) is 3.55. The van der Waals surface area contributed by atoms with Crippen molar-refractivity contribution in [2.24, 2.45) is 7.05 Å². The van der Waals surface area contributed by atoms with Crippen LogP contribution in [-0.2, 0) is 7.05 Å². The molecule has 3 aromatic rings. The molecule has 0 bridgehead atoms. The van der Waals surface area contributed by atoms with E-state index in [1.165, 1.54) is 0 Å². The molecule has 0 saturated carbocycles. The van der Waals surface area contributed by atoms with Gasteiger partial charge in [0.2, 0.25) is 0 Å². The molecule has 0 unspecified atom stereocenters. The lowest BCUT2D eigenvalue weighted by atomic mass is 10.0. The van der Waals surface area contributed by atoms with Gasteiger partial charge in [0.15, 0.2) is 0 Å². The second kappa shape index (κ2) is 7.53. The number of carbonyl (C=O) groups excluding carboxylic acids is 1.